The predicted molar refractivity (Wildman–Crippen MR) is 127 cm³/mol. The van der Waals surface area contributed by atoms with Gasteiger partial charge in [-0.05, 0) is 16.7 Å². The summed E-state index contributed by atoms with van der Waals surface area (Å²) in [4.78, 5) is 4.66. The quantitative estimate of drug-likeness (QED) is 0.403. The molecule has 2 N–H and O–H groups in total. The van der Waals surface area contributed by atoms with Gasteiger partial charge in [0, 0.05) is 18.7 Å². The van der Waals surface area contributed by atoms with E-state index in [4.69, 9.17) is 0 Å². The molecule has 0 saturated carbocycles. The number of nitrogens with zero attached hydrogens (tertiary/aromatic N) is 3. The zero-order chi connectivity index (χ0) is 22.2. The molecule has 0 unspecified atom stereocenters. The summed E-state index contributed by atoms with van der Waals surface area (Å²) in [6.07, 6.45) is 0. The molecule has 5 heteroatoms. The Bertz CT molecular complexity index is 1190. The number of rotatable bonds is 7. The van der Waals surface area contributed by atoms with Crippen LogP contribution in [0.4, 0.5) is 11.6 Å². The number of nitrogens with one attached hydrogen (secondary N) is 2. The normalized spacial score (nSPS) is 10.1. The van der Waals surface area contributed by atoms with Crippen LogP contribution in [0.3, 0.4) is 0 Å². The first-order chi connectivity index (χ1) is 15.8. The Kier molecular flexibility index (Phi) is 6.41. The highest BCUT2D eigenvalue weighted by molar-refractivity contribution is 5.85. The van der Waals surface area contributed by atoms with E-state index in [0.717, 1.165) is 16.7 Å². The lowest BCUT2D eigenvalue weighted by Gasteiger charge is -2.17. The smallest absolute Gasteiger partial charge is 0.147 e. The molecule has 0 amide bonds. The van der Waals surface area contributed by atoms with Crippen LogP contribution < -0.4 is 10.6 Å². The van der Waals surface area contributed by atoms with Crippen LogP contribution >= 0.6 is 0 Å². The fraction of sp³-hybridized carbons (Fsp3) is 0.0741. The van der Waals surface area contributed by atoms with E-state index in [0.29, 0.717) is 41.4 Å². The number of nitriles is 2. The summed E-state index contributed by atoms with van der Waals surface area (Å²) < 4.78 is 0. The molecule has 5 nitrogen and oxygen atoms in total. The fourth-order valence-electron chi connectivity index (χ4n) is 3.52. The Morgan fingerprint density at radius 3 is 1.41 bits per heavy atom. The van der Waals surface area contributed by atoms with Crippen molar-refractivity contribution < 1.29 is 0 Å². The van der Waals surface area contributed by atoms with Gasteiger partial charge in [-0.15, -0.1) is 0 Å². The van der Waals surface area contributed by atoms with E-state index in [1.165, 1.54) is 0 Å². The highest BCUT2D eigenvalue weighted by Gasteiger charge is 2.21. The van der Waals surface area contributed by atoms with Gasteiger partial charge in [0.25, 0.3) is 0 Å². The van der Waals surface area contributed by atoms with Crippen molar-refractivity contribution in [3.8, 4) is 23.3 Å². The van der Waals surface area contributed by atoms with Gasteiger partial charge >= 0.3 is 0 Å². The summed E-state index contributed by atoms with van der Waals surface area (Å²) in [6.45, 7) is 1.03. The fourth-order valence-corrected chi connectivity index (χ4v) is 3.52. The minimum absolute atomic E-state index is 0.356. The lowest BCUT2D eigenvalue weighted by atomic mass is 9.96. The maximum atomic E-state index is 10.0. The Labute approximate surface area is 187 Å². The minimum atomic E-state index is 0.356. The van der Waals surface area contributed by atoms with Gasteiger partial charge < -0.3 is 10.6 Å². The van der Waals surface area contributed by atoms with Crippen molar-refractivity contribution in [1.82, 2.24) is 4.98 Å². The molecule has 0 aliphatic heterocycles. The molecule has 0 fully saturated rings. The number of hydrogen-bond acceptors (Lipinski definition) is 5. The van der Waals surface area contributed by atoms with Gasteiger partial charge in [0.2, 0.25) is 0 Å². The van der Waals surface area contributed by atoms with E-state index < -0.39 is 0 Å². The first-order valence-corrected chi connectivity index (χ1v) is 10.3. The maximum Gasteiger partial charge on any atom is 0.147 e. The van der Waals surface area contributed by atoms with E-state index in [1.807, 2.05) is 91.0 Å². The zero-order valence-electron chi connectivity index (χ0n) is 17.4. The van der Waals surface area contributed by atoms with E-state index in [2.05, 4.69) is 27.8 Å². The topological polar surface area (TPSA) is 84.5 Å². The molecule has 0 aliphatic rings. The van der Waals surface area contributed by atoms with Crippen LogP contribution in [0.25, 0.3) is 11.1 Å². The van der Waals surface area contributed by atoms with Gasteiger partial charge in [0.15, 0.2) is 0 Å². The van der Waals surface area contributed by atoms with Crippen LogP contribution in [0.2, 0.25) is 0 Å². The largest absolute Gasteiger partial charge is 0.365 e. The molecule has 4 rings (SSSR count). The molecule has 154 valence electrons. The lowest BCUT2D eigenvalue weighted by Crippen LogP contribution is -2.11. The summed E-state index contributed by atoms with van der Waals surface area (Å²) in [7, 11) is 0. The molecule has 1 aromatic heterocycles. The number of benzene rings is 3. The molecule has 4 aromatic rings. The van der Waals surface area contributed by atoms with Crippen molar-refractivity contribution in [1.29, 1.82) is 10.5 Å². The van der Waals surface area contributed by atoms with Crippen LogP contribution in [-0.2, 0) is 13.1 Å². The molecule has 0 atom stereocenters. The van der Waals surface area contributed by atoms with Crippen LogP contribution in [-0.4, -0.2) is 4.98 Å². The summed E-state index contributed by atoms with van der Waals surface area (Å²) in [5.74, 6) is 0.898. The van der Waals surface area contributed by atoms with Gasteiger partial charge in [0.05, 0.1) is 0 Å². The van der Waals surface area contributed by atoms with Crippen LogP contribution in [0.5, 0.6) is 0 Å². The third-order valence-electron chi connectivity index (χ3n) is 5.09. The van der Waals surface area contributed by atoms with Gasteiger partial charge in [0.1, 0.15) is 34.9 Å². The van der Waals surface area contributed by atoms with Crippen molar-refractivity contribution >= 4 is 11.6 Å². The van der Waals surface area contributed by atoms with Crippen molar-refractivity contribution in [2.24, 2.45) is 0 Å². The Balaban J connectivity index is 1.79. The number of anilines is 2. The van der Waals surface area contributed by atoms with Crippen LogP contribution in [0, 0.1) is 22.7 Å². The SMILES string of the molecule is N#Cc1c(NCc2ccccc2)nc(NCc2ccccc2)c(C#N)c1-c1ccccc1. The summed E-state index contributed by atoms with van der Waals surface area (Å²) in [5, 5.41) is 26.6. The maximum absolute atomic E-state index is 10.0. The molecule has 1 heterocycles. The third-order valence-corrected chi connectivity index (χ3v) is 5.09. The molecule has 32 heavy (non-hydrogen) atoms. The number of aromatic nitrogens is 1. The van der Waals surface area contributed by atoms with Gasteiger partial charge in [-0.2, -0.15) is 10.5 Å². The van der Waals surface area contributed by atoms with Gasteiger partial charge in [-0.1, -0.05) is 91.0 Å². The molecule has 0 bridgehead atoms. The number of pyridine rings is 1. The summed E-state index contributed by atoms with van der Waals surface area (Å²) in [6, 6.07) is 33.9. The Morgan fingerprint density at radius 1 is 0.594 bits per heavy atom. The lowest BCUT2D eigenvalue weighted by molar-refractivity contribution is 1.07. The highest BCUT2D eigenvalue weighted by Crippen LogP contribution is 2.35. The van der Waals surface area contributed by atoms with Crippen molar-refractivity contribution in [3.63, 3.8) is 0 Å². The Hall–Kier alpha value is -4.61. The second kappa shape index (κ2) is 9.93. The molecule has 0 radical (unpaired) electrons. The second-order valence-corrected chi connectivity index (χ2v) is 7.20. The average Bonchev–Trinajstić information content (AvgIpc) is 2.87. The molecule has 0 spiro atoms. The second-order valence-electron chi connectivity index (χ2n) is 7.20. The monoisotopic (exact) mass is 415 g/mol. The highest BCUT2D eigenvalue weighted by atomic mass is 15.1. The van der Waals surface area contributed by atoms with E-state index in [-0.39, 0.29) is 0 Å². The zero-order valence-corrected chi connectivity index (χ0v) is 17.4. The van der Waals surface area contributed by atoms with Crippen LogP contribution in [0.15, 0.2) is 91.0 Å². The van der Waals surface area contributed by atoms with E-state index in [1.54, 1.807) is 0 Å². The molecule has 0 aliphatic carbocycles. The molecular formula is C27H21N5. The molecule has 0 saturated heterocycles. The standard InChI is InChI=1S/C27H21N5/c28-16-23-25(22-14-8-3-9-15-22)24(17-29)27(31-19-21-12-6-2-7-13-21)32-26(23)30-18-20-10-4-1-5-11-20/h1-15H,18-19H2,(H2,30,31,32). The Morgan fingerprint density at radius 2 is 1.00 bits per heavy atom. The third kappa shape index (κ3) is 4.59. The van der Waals surface area contributed by atoms with Crippen LogP contribution in [0.1, 0.15) is 22.3 Å². The van der Waals surface area contributed by atoms with Gasteiger partial charge in [-0.25, -0.2) is 4.98 Å². The van der Waals surface area contributed by atoms with E-state index in [9.17, 15) is 10.5 Å². The number of hydrogen-bond donors (Lipinski definition) is 2. The van der Waals surface area contributed by atoms with Crippen molar-refractivity contribution in [2.75, 3.05) is 10.6 Å². The minimum Gasteiger partial charge on any atom is -0.365 e. The average molecular weight is 416 g/mol. The first kappa shape index (κ1) is 20.7. The first-order valence-electron chi connectivity index (χ1n) is 10.3. The van der Waals surface area contributed by atoms with Crippen molar-refractivity contribution in [2.45, 2.75) is 13.1 Å². The molecular weight excluding hydrogens is 394 g/mol. The van der Waals surface area contributed by atoms with Gasteiger partial charge in [-0.3, -0.25) is 0 Å². The molecule has 3 aromatic carbocycles. The predicted octanol–water partition coefficient (Wildman–Crippen LogP) is 5.72. The summed E-state index contributed by atoms with van der Waals surface area (Å²) >= 11 is 0. The summed E-state index contributed by atoms with van der Waals surface area (Å²) in [5.41, 5.74) is 4.23. The van der Waals surface area contributed by atoms with E-state index >= 15 is 0 Å². The van der Waals surface area contributed by atoms with Crippen molar-refractivity contribution in [3.05, 3.63) is 113 Å².